The summed E-state index contributed by atoms with van der Waals surface area (Å²) < 4.78 is 26.9. The highest BCUT2D eigenvalue weighted by molar-refractivity contribution is 5.54. The second-order valence-electron chi connectivity index (χ2n) is 5.10. The van der Waals surface area contributed by atoms with E-state index in [1.165, 1.54) is 0 Å². The van der Waals surface area contributed by atoms with Crippen LogP contribution in [0.5, 0.6) is 0 Å². The fraction of sp³-hybridized carbons (Fsp3) is 0.538. The zero-order chi connectivity index (χ0) is 12.6. The van der Waals surface area contributed by atoms with Gasteiger partial charge in [-0.2, -0.15) is 0 Å². The van der Waals surface area contributed by atoms with Crippen LogP contribution in [-0.2, 0) is 6.42 Å². The molecule has 1 aromatic carbocycles. The fourth-order valence-electron chi connectivity index (χ4n) is 2.18. The van der Waals surface area contributed by atoms with Gasteiger partial charge in [-0.05, 0) is 36.3 Å². The highest BCUT2D eigenvalue weighted by atomic mass is 19.2. The second kappa shape index (κ2) is 4.26. The molecule has 2 nitrogen and oxygen atoms in total. The van der Waals surface area contributed by atoms with Crippen LogP contribution in [0.25, 0.3) is 0 Å². The van der Waals surface area contributed by atoms with E-state index in [-0.39, 0.29) is 12.0 Å². The lowest BCUT2D eigenvalue weighted by atomic mass is 9.95. The molecular weight excluding hydrogens is 224 g/mol. The van der Waals surface area contributed by atoms with Crippen molar-refractivity contribution in [2.24, 2.45) is 5.41 Å². The lowest BCUT2D eigenvalue weighted by Gasteiger charge is -2.21. The van der Waals surface area contributed by atoms with Crippen molar-refractivity contribution < 1.29 is 13.9 Å². The molecule has 0 heterocycles. The molecule has 0 radical (unpaired) electrons. The van der Waals surface area contributed by atoms with E-state index in [2.05, 4.69) is 0 Å². The van der Waals surface area contributed by atoms with Crippen molar-refractivity contribution in [3.05, 3.63) is 29.3 Å². The number of rotatable bonds is 4. The molecule has 0 amide bonds. The van der Waals surface area contributed by atoms with E-state index >= 15 is 0 Å². The lowest BCUT2D eigenvalue weighted by Crippen LogP contribution is -2.18. The summed E-state index contributed by atoms with van der Waals surface area (Å²) in [5.74, 6) is -1.63. The van der Waals surface area contributed by atoms with E-state index in [0.29, 0.717) is 12.1 Å². The van der Waals surface area contributed by atoms with Crippen LogP contribution in [0.1, 0.15) is 18.4 Å². The summed E-state index contributed by atoms with van der Waals surface area (Å²) in [5.41, 5.74) is 0.958. The third kappa shape index (κ3) is 2.27. The van der Waals surface area contributed by atoms with Gasteiger partial charge in [-0.3, -0.25) is 0 Å². The molecule has 0 bridgehead atoms. The summed E-state index contributed by atoms with van der Waals surface area (Å²) in [4.78, 5) is 1.58. The van der Waals surface area contributed by atoms with Crippen molar-refractivity contribution >= 4 is 5.69 Å². The van der Waals surface area contributed by atoms with Crippen LogP contribution >= 0.6 is 0 Å². The topological polar surface area (TPSA) is 23.5 Å². The summed E-state index contributed by atoms with van der Waals surface area (Å²) in [7, 11) is 3.39. The average molecular weight is 241 g/mol. The Morgan fingerprint density at radius 3 is 2.41 bits per heavy atom. The molecule has 0 atom stereocenters. The molecule has 17 heavy (non-hydrogen) atoms. The van der Waals surface area contributed by atoms with Gasteiger partial charge in [0.15, 0.2) is 11.6 Å². The molecule has 4 heteroatoms. The summed E-state index contributed by atoms with van der Waals surface area (Å²) >= 11 is 0. The van der Waals surface area contributed by atoms with E-state index in [1.807, 2.05) is 0 Å². The molecule has 94 valence electrons. The minimum absolute atomic E-state index is 0.102. The predicted octanol–water partition coefficient (Wildman–Crippen LogP) is 2.35. The Morgan fingerprint density at radius 2 is 1.94 bits per heavy atom. The number of aliphatic hydroxyl groups excluding tert-OH is 1. The molecule has 2 rings (SSSR count). The van der Waals surface area contributed by atoms with Crippen molar-refractivity contribution in [2.45, 2.75) is 19.3 Å². The number of hydrogen-bond acceptors (Lipinski definition) is 2. The minimum atomic E-state index is -0.828. The maximum Gasteiger partial charge on any atom is 0.182 e. The summed E-state index contributed by atoms with van der Waals surface area (Å²) in [6.45, 7) is 0.110. The van der Waals surface area contributed by atoms with Crippen molar-refractivity contribution in [3.8, 4) is 0 Å². The number of aliphatic hydroxyl groups is 1. The fourth-order valence-corrected chi connectivity index (χ4v) is 2.18. The molecule has 0 unspecified atom stereocenters. The number of benzene rings is 1. The van der Waals surface area contributed by atoms with Crippen LogP contribution in [0, 0.1) is 17.0 Å². The molecule has 0 aromatic heterocycles. The Labute approximate surface area is 99.9 Å². The summed E-state index contributed by atoms with van der Waals surface area (Å²) in [6, 6.07) is 2.77. The monoisotopic (exact) mass is 241 g/mol. The Bertz CT molecular complexity index is 428. The third-order valence-corrected chi connectivity index (χ3v) is 3.46. The van der Waals surface area contributed by atoms with Gasteiger partial charge in [0, 0.05) is 20.7 Å². The Morgan fingerprint density at radius 1 is 1.29 bits per heavy atom. The average Bonchev–Trinajstić information content (AvgIpc) is 3.04. The molecule has 0 saturated heterocycles. The molecular formula is C13H17F2NO. The van der Waals surface area contributed by atoms with Crippen molar-refractivity contribution in [1.29, 1.82) is 0 Å². The maximum absolute atomic E-state index is 13.7. The van der Waals surface area contributed by atoms with Crippen LogP contribution in [0.4, 0.5) is 14.5 Å². The van der Waals surface area contributed by atoms with Crippen molar-refractivity contribution in [2.75, 3.05) is 25.6 Å². The van der Waals surface area contributed by atoms with Gasteiger partial charge in [0.25, 0.3) is 0 Å². The molecule has 1 aliphatic rings. The van der Waals surface area contributed by atoms with Crippen LogP contribution in [0.15, 0.2) is 12.1 Å². The van der Waals surface area contributed by atoms with Gasteiger partial charge in [-0.15, -0.1) is 0 Å². The van der Waals surface area contributed by atoms with Gasteiger partial charge in [0.1, 0.15) is 0 Å². The first-order chi connectivity index (χ1) is 7.99. The Balaban J connectivity index is 2.36. The Kier molecular flexibility index (Phi) is 3.08. The van der Waals surface area contributed by atoms with Gasteiger partial charge in [0.2, 0.25) is 0 Å². The van der Waals surface area contributed by atoms with E-state index < -0.39 is 11.6 Å². The first kappa shape index (κ1) is 12.3. The van der Waals surface area contributed by atoms with Gasteiger partial charge in [-0.1, -0.05) is 6.07 Å². The first-order valence-electron chi connectivity index (χ1n) is 5.74. The van der Waals surface area contributed by atoms with Crippen molar-refractivity contribution in [1.82, 2.24) is 0 Å². The zero-order valence-corrected chi connectivity index (χ0v) is 10.1. The first-order valence-corrected chi connectivity index (χ1v) is 5.74. The number of hydrogen-bond donors (Lipinski definition) is 1. The predicted molar refractivity (Wildman–Crippen MR) is 63.1 cm³/mol. The van der Waals surface area contributed by atoms with E-state index in [4.69, 9.17) is 0 Å². The quantitative estimate of drug-likeness (QED) is 0.874. The molecule has 1 fully saturated rings. The van der Waals surface area contributed by atoms with Crippen molar-refractivity contribution in [3.63, 3.8) is 0 Å². The van der Waals surface area contributed by atoms with E-state index in [1.54, 1.807) is 25.1 Å². The smallest absolute Gasteiger partial charge is 0.182 e. The van der Waals surface area contributed by atoms with E-state index in [9.17, 15) is 13.9 Å². The third-order valence-electron chi connectivity index (χ3n) is 3.46. The van der Waals surface area contributed by atoms with Gasteiger partial charge in [-0.25, -0.2) is 8.78 Å². The number of anilines is 1. The molecule has 1 saturated carbocycles. The Hall–Kier alpha value is -1.16. The van der Waals surface area contributed by atoms with Crippen LogP contribution in [0.2, 0.25) is 0 Å². The standard InChI is InChI=1S/C13H17F2NO/c1-16(2)12-9(3-4-10(14)11(12)15)7-13(8-17)5-6-13/h3-4,17H,5-8H2,1-2H3. The summed E-state index contributed by atoms with van der Waals surface area (Å²) in [5, 5.41) is 9.29. The second-order valence-corrected chi connectivity index (χ2v) is 5.10. The van der Waals surface area contributed by atoms with Crippen LogP contribution in [-0.4, -0.2) is 25.8 Å². The molecule has 1 aromatic rings. The van der Waals surface area contributed by atoms with E-state index in [0.717, 1.165) is 24.5 Å². The highest BCUT2D eigenvalue weighted by Gasteiger charge is 2.42. The lowest BCUT2D eigenvalue weighted by molar-refractivity contribution is 0.211. The SMILES string of the molecule is CN(C)c1c(CC2(CO)CC2)ccc(F)c1F. The van der Waals surface area contributed by atoms with Gasteiger partial charge < -0.3 is 10.0 Å². The molecule has 0 aliphatic heterocycles. The van der Waals surface area contributed by atoms with Crippen LogP contribution in [0.3, 0.4) is 0 Å². The van der Waals surface area contributed by atoms with Gasteiger partial charge in [0.05, 0.1) is 5.69 Å². The minimum Gasteiger partial charge on any atom is -0.396 e. The molecule has 0 spiro atoms. The normalized spacial score (nSPS) is 17.0. The molecule has 1 N–H and O–H groups in total. The highest BCUT2D eigenvalue weighted by Crippen LogP contribution is 2.49. The number of halogens is 2. The van der Waals surface area contributed by atoms with Crippen LogP contribution < -0.4 is 4.90 Å². The maximum atomic E-state index is 13.7. The largest absolute Gasteiger partial charge is 0.396 e. The van der Waals surface area contributed by atoms with Gasteiger partial charge >= 0.3 is 0 Å². The zero-order valence-electron chi connectivity index (χ0n) is 10.1. The number of nitrogens with zero attached hydrogens (tertiary/aromatic N) is 1. The summed E-state index contributed by atoms with van der Waals surface area (Å²) in [6.07, 6.45) is 2.51. The molecule has 1 aliphatic carbocycles.